The zero-order valence-electron chi connectivity index (χ0n) is 14.9. The van der Waals surface area contributed by atoms with Gasteiger partial charge in [0.05, 0.1) is 13.7 Å². The summed E-state index contributed by atoms with van der Waals surface area (Å²) in [4.78, 5) is 12.2. The van der Waals surface area contributed by atoms with Gasteiger partial charge in [-0.2, -0.15) is 0 Å². The largest absolute Gasteiger partial charge is 0.497 e. The van der Waals surface area contributed by atoms with Crippen molar-refractivity contribution in [3.05, 3.63) is 90.0 Å². The van der Waals surface area contributed by atoms with E-state index in [9.17, 15) is 4.79 Å². The Hall–Kier alpha value is -3.71. The fourth-order valence-electron chi connectivity index (χ4n) is 2.35. The summed E-state index contributed by atoms with van der Waals surface area (Å²) in [5.41, 5.74) is 1.43. The summed E-state index contributed by atoms with van der Waals surface area (Å²) in [7, 11) is 1.62. The molecular formula is C23H19NO3. The van der Waals surface area contributed by atoms with E-state index in [0.717, 1.165) is 17.1 Å². The number of benzene rings is 3. The molecule has 0 saturated heterocycles. The van der Waals surface area contributed by atoms with Crippen LogP contribution in [0.2, 0.25) is 0 Å². The third-order valence-electron chi connectivity index (χ3n) is 3.76. The number of ether oxygens (including phenoxy) is 2. The van der Waals surface area contributed by atoms with Crippen LogP contribution >= 0.6 is 0 Å². The topological polar surface area (TPSA) is 47.6 Å². The second-order valence-electron chi connectivity index (χ2n) is 5.65. The highest BCUT2D eigenvalue weighted by molar-refractivity contribution is 5.94. The zero-order valence-corrected chi connectivity index (χ0v) is 14.9. The summed E-state index contributed by atoms with van der Waals surface area (Å²) in [6, 6.07) is 23.9. The number of methoxy groups -OCH3 is 1. The number of carbonyl (C=O) groups excluding carboxylic acids is 1. The van der Waals surface area contributed by atoms with Gasteiger partial charge >= 0.3 is 0 Å². The van der Waals surface area contributed by atoms with Crippen molar-refractivity contribution in [3.63, 3.8) is 0 Å². The van der Waals surface area contributed by atoms with Gasteiger partial charge in [0.2, 0.25) is 0 Å². The van der Waals surface area contributed by atoms with E-state index in [0.29, 0.717) is 11.3 Å². The van der Waals surface area contributed by atoms with Gasteiger partial charge < -0.3 is 14.8 Å². The van der Waals surface area contributed by atoms with Crippen LogP contribution in [0.4, 0.5) is 0 Å². The van der Waals surface area contributed by atoms with Crippen molar-refractivity contribution in [2.45, 2.75) is 0 Å². The third kappa shape index (κ3) is 5.38. The Bertz CT molecular complexity index is 937. The van der Waals surface area contributed by atoms with E-state index < -0.39 is 0 Å². The Balaban J connectivity index is 1.51. The van der Waals surface area contributed by atoms with Crippen LogP contribution in [-0.4, -0.2) is 19.6 Å². The van der Waals surface area contributed by atoms with Gasteiger partial charge in [0.15, 0.2) is 0 Å². The van der Waals surface area contributed by atoms with Crippen molar-refractivity contribution < 1.29 is 14.3 Å². The lowest BCUT2D eigenvalue weighted by Gasteiger charge is -2.06. The SMILES string of the molecule is COc1ccc(C#CCNC(=O)c2ccc(Oc3ccccc3)cc2)cc1. The number of hydrogen-bond acceptors (Lipinski definition) is 3. The van der Waals surface area contributed by atoms with Crippen LogP contribution in [0.1, 0.15) is 15.9 Å². The molecule has 0 spiro atoms. The fraction of sp³-hybridized carbons (Fsp3) is 0.0870. The first kappa shape index (κ1) is 18.1. The molecule has 4 nitrogen and oxygen atoms in total. The van der Waals surface area contributed by atoms with Gasteiger partial charge in [0.25, 0.3) is 5.91 Å². The molecule has 0 radical (unpaired) electrons. The predicted octanol–water partition coefficient (Wildman–Crippen LogP) is 4.27. The molecule has 0 fully saturated rings. The summed E-state index contributed by atoms with van der Waals surface area (Å²) >= 11 is 0. The van der Waals surface area contributed by atoms with Gasteiger partial charge in [-0.25, -0.2) is 0 Å². The van der Waals surface area contributed by atoms with Gasteiger partial charge in [0, 0.05) is 11.1 Å². The van der Waals surface area contributed by atoms with Gasteiger partial charge in [-0.3, -0.25) is 4.79 Å². The van der Waals surface area contributed by atoms with Crippen LogP contribution in [0, 0.1) is 11.8 Å². The summed E-state index contributed by atoms with van der Waals surface area (Å²) in [5, 5.41) is 2.78. The Morgan fingerprint density at radius 1 is 0.852 bits per heavy atom. The minimum atomic E-state index is -0.176. The zero-order chi connectivity index (χ0) is 18.9. The fourth-order valence-corrected chi connectivity index (χ4v) is 2.35. The van der Waals surface area contributed by atoms with Crippen LogP contribution in [-0.2, 0) is 0 Å². The number of para-hydroxylation sites is 1. The van der Waals surface area contributed by atoms with E-state index in [2.05, 4.69) is 17.2 Å². The minimum absolute atomic E-state index is 0.176. The molecule has 0 atom stereocenters. The van der Waals surface area contributed by atoms with Crippen LogP contribution < -0.4 is 14.8 Å². The number of amides is 1. The molecule has 1 N–H and O–H groups in total. The van der Waals surface area contributed by atoms with Crippen LogP contribution in [0.3, 0.4) is 0 Å². The lowest BCUT2D eigenvalue weighted by molar-refractivity contribution is 0.0958. The molecule has 0 unspecified atom stereocenters. The van der Waals surface area contributed by atoms with E-state index in [1.807, 2.05) is 54.6 Å². The standard InChI is InChI=1S/C23H19NO3/c1-26-20-13-9-18(10-14-20)6-5-17-24-23(25)19-11-15-22(16-12-19)27-21-7-3-2-4-8-21/h2-4,7-16H,17H2,1H3,(H,24,25). The lowest BCUT2D eigenvalue weighted by atomic mass is 10.2. The maximum Gasteiger partial charge on any atom is 0.252 e. The molecule has 0 aliphatic carbocycles. The second-order valence-corrected chi connectivity index (χ2v) is 5.65. The molecule has 1 amide bonds. The molecule has 134 valence electrons. The summed E-state index contributed by atoms with van der Waals surface area (Å²) < 4.78 is 10.8. The molecular weight excluding hydrogens is 338 g/mol. The molecule has 0 aliphatic heterocycles. The molecule has 27 heavy (non-hydrogen) atoms. The van der Waals surface area contributed by atoms with E-state index in [-0.39, 0.29) is 12.5 Å². The minimum Gasteiger partial charge on any atom is -0.497 e. The average molecular weight is 357 g/mol. The molecule has 3 rings (SSSR count). The van der Waals surface area contributed by atoms with E-state index in [4.69, 9.17) is 9.47 Å². The molecule has 0 bridgehead atoms. The van der Waals surface area contributed by atoms with Crippen molar-refractivity contribution >= 4 is 5.91 Å². The quantitative estimate of drug-likeness (QED) is 0.694. The first-order chi connectivity index (χ1) is 13.2. The van der Waals surface area contributed by atoms with Gasteiger partial charge in [-0.1, -0.05) is 30.0 Å². The Labute approximate surface area is 158 Å². The van der Waals surface area contributed by atoms with Crippen molar-refractivity contribution in [2.24, 2.45) is 0 Å². The van der Waals surface area contributed by atoms with E-state index in [1.165, 1.54) is 0 Å². The highest BCUT2D eigenvalue weighted by atomic mass is 16.5. The van der Waals surface area contributed by atoms with E-state index in [1.54, 1.807) is 31.4 Å². The van der Waals surface area contributed by atoms with Gasteiger partial charge in [0.1, 0.15) is 17.2 Å². The summed E-state index contributed by atoms with van der Waals surface area (Å²) in [6.45, 7) is 0.271. The molecule has 0 aliphatic rings. The van der Waals surface area contributed by atoms with Crippen molar-refractivity contribution in [3.8, 4) is 29.1 Å². The Morgan fingerprint density at radius 3 is 2.15 bits per heavy atom. The molecule has 3 aromatic carbocycles. The maximum atomic E-state index is 12.2. The third-order valence-corrected chi connectivity index (χ3v) is 3.76. The normalized spacial score (nSPS) is 9.67. The first-order valence-corrected chi connectivity index (χ1v) is 8.49. The molecule has 3 aromatic rings. The molecule has 0 heterocycles. The first-order valence-electron chi connectivity index (χ1n) is 8.49. The summed E-state index contributed by atoms with van der Waals surface area (Å²) in [5.74, 6) is 7.98. The summed E-state index contributed by atoms with van der Waals surface area (Å²) in [6.07, 6.45) is 0. The number of carbonyl (C=O) groups is 1. The molecule has 4 heteroatoms. The van der Waals surface area contributed by atoms with Gasteiger partial charge in [-0.05, 0) is 60.7 Å². The molecule has 0 saturated carbocycles. The highest BCUT2D eigenvalue weighted by Gasteiger charge is 2.04. The Kier molecular flexibility index (Phi) is 6.11. The second kappa shape index (κ2) is 9.12. The smallest absolute Gasteiger partial charge is 0.252 e. The van der Waals surface area contributed by atoms with E-state index >= 15 is 0 Å². The van der Waals surface area contributed by atoms with Crippen LogP contribution in [0.25, 0.3) is 0 Å². The van der Waals surface area contributed by atoms with Crippen molar-refractivity contribution in [1.29, 1.82) is 0 Å². The van der Waals surface area contributed by atoms with Gasteiger partial charge in [-0.15, -0.1) is 0 Å². The average Bonchev–Trinajstić information content (AvgIpc) is 2.73. The number of hydrogen-bond donors (Lipinski definition) is 1. The monoisotopic (exact) mass is 357 g/mol. The maximum absolute atomic E-state index is 12.2. The Morgan fingerprint density at radius 2 is 1.48 bits per heavy atom. The lowest BCUT2D eigenvalue weighted by Crippen LogP contribution is -2.23. The number of rotatable bonds is 5. The number of nitrogens with one attached hydrogen (secondary N) is 1. The van der Waals surface area contributed by atoms with Crippen LogP contribution in [0.5, 0.6) is 17.2 Å². The molecule has 0 aromatic heterocycles. The highest BCUT2D eigenvalue weighted by Crippen LogP contribution is 2.21. The van der Waals surface area contributed by atoms with Crippen molar-refractivity contribution in [2.75, 3.05) is 13.7 Å². The van der Waals surface area contributed by atoms with Crippen LogP contribution in [0.15, 0.2) is 78.9 Å². The predicted molar refractivity (Wildman–Crippen MR) is 105 cm³/mol. The van der Waals surface area contributed by atoms with Crippen molar-refractivity contribution in [1.82, 2.24) is 5.32 Å².